The van der Waals surface area contributed by atoms with Gasteiger partial charge in [-0.1, -0.05) is 43.2 Å². The van der Waals surface area contributed by atoms with E-state index in [1.165, 1.54) is 35.4 Å². The lowest BCUT2D eigenvalue weighted by Crippen LogP contribution is -2.43. The molecule has 3 rings (SSSR count). The molecule has 0 spiro atoms. The number of unbranched alkanes of at least 4 members (excludes halogenated alkanes) is 1. The Morgan fingerprint density at radius 3 is 2.57 bits per heavy atom. The van der Waals surface area contributed by atoms with E-state index >= 15 is 0 Å². The van der Waals surface area contributed by atoms with E-state index in [2.05, 4.69) is 53.3 Å². The number of imidazole rings is 1. The fraction of sp³-hybridized carbons (Fsp3) is 0.526. The van der Waals surface area contributed by atoms with E-state index in [0.29, 0.717) is 0 Å². The van der Waals surface area contributed by atoms with Crippen LogP contribution >= 0.6 is 0 Å². The minimum Gasteiger partial charge on any atom is -0.341 e. The predicted octanol–water partition coefficient (Wildman–Crippen LogP) is 3.13. The summed E-state index contributed by atoms with van der Waals surface area (Å²) in [6.45, 7) is 9.75. The number of nitrogens with one attached hydrogen (secondary N) is 2. The van der Waals surface area contributed by atoms with Gasteiger partial charge in [-0.2, -0.15) is 0 Å². The van der Waals surface area contributed by atoms with Gasteiger partial charge in [0.1, 0.15) is 5.82 Å². The summed E-state index contributed by atoms with van der Waals surface area (Å²) in [6, 6.07) is 8.62. The van der Waals surface area contributed by atoms with Gasteiger partial charge in [0.25, 0.3) is 0 Å². The monoisotopic (exact) mass is 312 g/mol. The standard InChI is InChI=1S/C19H28N4/c1-3-4-5-17-18(14-23-12-10-20-11-13-23)22-19(21-17)16-8-6-15(2)7-9-16/h6-9,20H,3-5,10-14H2,1-2H3,(H,21,22). The minimum atomic E-state index is 0.986. The van der Waals surface area contributed by atoms with E-state index in [-0.39, 0.29) is 0 Å². The van der Waals surface area contributed by atoms with E-state index < -0.39 is 0 Å². The highest BCUT2D eigenvalue weighted by molar-refractivity contribution is 5.56. The van der Waals surface area contributed by atoms with Gasteiger partial charge < -0.3 is 10.3 Å². The summed E-state index contributed by atoms with van der Waals surface area (Å²) in [4.78, 5) is 11.0. The Morgan fingerprint density at radius 1 is 1.13 bits per heavy atom. The van der Waals surface area contributed by atoms with Crippen molar-refractivity contribution in [1.29, 1.82) is 0 Å². The van der Waals surface area contributed by atoms with Gasteiger partial charge in [-0.05, 0) is 19.8 Å². The second kappa shape index (κ2) is 7.75. The second-order valence-corrected chi connectivity index (χ2v) is 6.51. The first-order valence-electron chi connectivity index (χ1n) is 8.84. The molecule has 1 aromatic carbocycles. The Bertz CT molecular complexity index is 609. The highest BCUT2D eigenvalue weighted by atomic mass is 15.2. The Labute approximate surface area is 139 Å². The third-order valence-electron chi connectivity index (χ3n) is 4.55. The SMILES string of the molecule is CCCCc1nc(-c2ccc(C)cc2)[nH]c1CN1CCNCC1. The van der Waals surface area contributed by atoms with Crippen LogP contribution in [-0.4, -0.2) is 41.0 Å². The van der Waals surface area contributed by atoms with Gasteiger partial charge in [0.05, 0.1) is 11.4 Å². The Balaban J connectivity index is 1.81. The number of H-pyrrole nitrogens is 1. The lowest BCUT2D eigenvalue weighted by Gasteiger charge is -2.26. The van der Waals surface area contributed by atoms with Gasteiger partial charge in [0.2, 0.25) is 0 Å². The molecule has 0 bridgehead atoms. The molecule has 4 heteroatoms. The average Bonchev–Trinajstić information content (AvgIpc) is 2.97. The van der Waals surface area contributed by atoms with Gasteiger partial charge in [0, 0.05) is 38.3 Å². The molecular formula is C19H28N4. The van der Waals surface area contributed by atoms with Crippen LogP contribution in [0.15, 0.2) is 24.3 Å². The van der Waals surface area contributed by atoms with E-state index in [4.69, 9.17) is 4.98 Å². The maximum absolute atomic E-state index is 4.92. The molecule has 1 aliphatic heterocycles. The Morgan fingerprint density at radius 2 is 1.87 bits per heavy atom. The van der Waals surface area contributed by atoms with Gasteiger partial charge >= 0.3 is 0 Å². The zero-order chi connectivity index (χ0) is 16.1. The van der Waals surface area contributed by atoms with Crippen molar-refractivity contribution in [3.63, 3.8) is 0 Å². The molecule has 2 heterocycles. The molecule has 1 saturated heterocycles. The molecule has 0 amide bonds. The largest absolute Gasteiger partial charge is 0.341 e. The van der Waals surface area contributed by atoms with E-state index in [1.807, 2.05) is 0 Å². The van der Waals surface area contributed by atoms with Crippen molar-refractivity contribution in [3.8, 4) is 11.4 Å². The summed E-state index contributed by atoms with van der Waals surface area (Å²) in [7, 11) is 0. The first-order valence-corrected chi connectivity index (χ1v) is 8.84. The van der Waals surface area contributed by atoms with Crippen LogP contribution in [0, 0.1) is 6.92 Å². The van der Waals surface area contributed by atoms with Crippen LogP contribution < -0.4 is 5.32 Å². The molecule has 23 heavy (non-hydrogen) atoms. The number of hydrogen-bond acceptors (Lipinski definition) is 3. The topological polar surface area (TPSA) is 44.0 Å². The molecule has 0 aliphatic carbocycles. The number of aromatic nitrogens is 2. The number of hydrogen-bond donors (Lipinski definition) is 2. The van der Waals surface area contributed by atoms with Crippen molar-refractivity contribution >= 4 is 0 Å². The molecule has 0 unspecified atom stereocenters. The van der Waals surface area contributed by atoms with Crippen LogP contribution in [0.4, 0.5) is 0 Å². The molecule has 1 aliphatic rings. The number of piperazine rings is 1. The minimum absolute atomic E-state index is 0.986. The normalized spacial score (nSPS) is 15.9. The van der Waals surface area contributed by atoms with Gasteiger partial charge in [-0.3, -0.25) is 4.90 Å². The smallest absolute Gasteiger partial charge is 0.137 e. The van der Waals surface area contributed by atoms with E-state index in [9.17, 15) is 0 Å². The highest BCUT2D eigenvalue weighted by Crippen LogP contribution is 2.21. The lowest BCUT2D eigenvalue weighted by molar-refractivity contribution is 0.230. The number of aryl methyl sites for hydroxylation is 2. The lowest BCUT2D eigenvalue weighted by atomic mass is 10.1. The first-order chi connectivity index (χ1) is 11.3. The fourth-order valence-electron chi connectivity index (χ4n) is 3.07. The third-order valence-corrected chi connectivity index (χ3v) is 4.55. The number of benzene rings is 1. The zero-order valence-electron chi connectivity index (χ0n) is 14.4. The van der Waals surface area contributed by atoms with Crippen molar-refractivity contribution in [2.45, 2.75) is 39.7 Å². The van der Waals surface area contributed by atoms with Crippen molar-refractivity contribution in [1.82, 2.24) is 20.2 Å². The summed E-state index contributed by atoms with van der Waals surface area (Å²) < 4.78 is 0. The van der Waals surface area contributed by atoms with Crippen LogP contribution in [0.3, 0.4) is 0 Å². The number of nitrogens with zero attached hydrogens (tertiary/aromatic N) is 2. The molecule has 1 aromatic heterocycles. The Hall–Kier alpha value is -1.65. The summed E-state index contributed by atoms with van der Waals surface area (Å²) in [5, 5.41) is 3.42. The number of aromatic amines is 1. The molecular weight excluding hydrogens is 284 g/mol. The maximum atomic E-state index is 4.92. The van der Waals surface area contributed by atoms with Crippen LogP contribution in [-0.2, 0) is 13.0 Å². The van der Waals surface area contributed by atoms with E-state index in [0.717, 1.165) is 45.0 Å². The first kappa shape index (κ1) is 16.2. The Kier molecular flexibility index (Phi) is 5.47. The van der Waals surface area contributed by atoms with Crippen molar-refractivity contribution in [2.24, 2.45) is 0 Å². The quantitative estimate of drug-likeness (QED) is 0.861. The molecule has 1 fully saturated rings. The molecule has 124 valence electrons. The van der Waals surface area contributed by atoms with Crippen LogP contribution in [0.2, 0.25) is 0 Å². The van der Waals surface area contributed by atoms with Crippen LogP contribution in [0.1, 0.15) is 36.7 Å². The molecule has 2 aromatic rings. The average molecular weight is 312 g/mol. The van der Waals surface area contributed by atoms with Gasteiger partial charge in [-0.15, -0.1) is 0 Å². The van der Waals surface area contributed by atoms with Crippen LogP contribution in [0.5, 0.6) is 0 Å². The molecule has 0 saturated carbocycles. The third kappa shape index (κ3) is 4.21. The molecule has 2 N–H and O–H groups in total. The van der Waals surface area contributed by atoms with Gasteiger partial charge in [-0.25, -0.2) is 4.98 Å². The van der Waals surface area contributed by atoms with Crippen LogP contribution in [0.25, 0.3) is 11.4 Å². The summed E-state index contributed by atoms with van der Waals surface area (Å²) in [6.07, 6.45) is 3.48. The van der Waals surface area contributed by atoms with Crippen molar-refractivity contribution < 1.29 is 0 Å². The summed E-state index contributed by atoms with van der Waals surface area (Å²) >= 11 is 0. The molecule has 0 atom stereocenters. The van der Waals surface area contributed by atoms with E-state index in [1.54, 1.807) is 0 Å². The van der Waals surface area contributed by atoms with Crippen molar-refractivity contribution in [2.75, 3.05) is 26.2 Å². The zero-order valence-corrected chi connectivity index (χ0v) is 14.4. The molecule has 4 nitrogen and oxygen atoms in total. The van der Waals surface area contributed by atoms with Gasteiger partial charge in [0.15, 0.2) is 0 Å². The summed E-state index contributed by atoms with van der Waals surface area (Å²) in [5.74, 6) is 1.02. The predicted molar refractivity (Wildman–Crippen MR) is 95.5 cm³/mol. The number of rotatable bonds is 6. The second-order valence-electron chi connectivity index (χ2n) is 6.51. The van der Waals surface area contributed by atoms with Crippen molar-refractivity contribution in [3.05, 3.63) is 41.2 Å². The maximum Gasteiger partial charge on any atom is 0.137 e. The molecule has 0 radical (unpaired) electrons. The fourth-order valence-corrected chi connectivity index (χ4v) is 3.07. The highest BCUT2D eigenvalue weighted by Gasteiger charge is 2.16. The summed E-state index contributed by atoms with van der Waals surface area (Å²) in [5.41, 5.74) is 5.02.